The van der Waals surface area contributed by atoms with Gasteiger partial charge < -0.3 is 31.2 Å². The molecule has 6 N–H and O–H groups in total. The summed E-state index contributed by atoms with van der Waals surface area (Å²) in [6.07, 6.45) is 1.65. The quantitative estimate of drug-likeness (QED) is 0.455. The molecule has 0 aliphatic rings. The largest absolute Gasteiger partial charge is 0.486 e. The van der Waals surface area contributed by atoms with Crippen molar-refractivity contribution in [2.45, 2.75) is 45.8 Å². The van der Waals surface area contributed by atoms with Crippen molar-refractivity contribution in [2.75, 3.05) is 20.3 Å². The van der Waals surface area contributed by atoms with Crippen LogP contribution in [0.3, 0.4) is 0 Å². The van der Waals surface area contributed by atoms with Gasteiger partial charge in [0.2, 0.25) is 5.91 Å². The minimum absolute atomic E-state index is 0.146. The topological polar surface area (TPSA) is 145 Å². The Bertz CT molecular complexity index is 489. The van der Waals surface area contributed by atoms with E-state index < -0.39 is 18.1 Å². The predicted molar refractivity (Wildman–Crippen MR) is 104 cm³/mol. The molecule has 0 radical (unpaired) electrons. The number of ether oxygens (including phenoxy) is 2. The minimum Gasteiger partial charge on any atom is -0.486 e. The zero-order valence-corrected chi connectivity index (χ0v) is 16.6. The van der Waals surface area contributed by atoms with Crippen LogP contribution in [0.5, 0.6) is 5.75 Å². The van der Waals surface area contributed by atoms with Crippen LogP contribution in [0.4, 0.5) is 0 Å². The number of aryl methyl sites for hydroxylation is 1. The third-order valence-electron chi connectivity index (χ3n) is 3.32. The van der Waals surface area contributed by atoms with Gasteiger partial charge in [-0.1, -0.05) is 39.3 Å². The van der Waals surface area contributed by atoms with E-state index in [1.807, 2.05) is 38.1 Å². The Hall–Kier alpha value is -2.16. The lowest BCUT2D eigenvalue weighted by atomic mass is 10.1. The summed E-state index contributed by atoms with van der Waals surface area (Å²) in [6, 6.07) is 7.25. The van der Waals surface area contributed by atoms with Gasteiger partial charge in [-0.2, -0.15) is 0 Å². The van der Waals surface area contributed by atoms with E-state index in [-0.39, 0.29) is 19.1 Å². The zero-order valence-electron chi connectivity index (χ0n) is 16.6. The molecule has 0 fully saturated rings. The molecule has 0 aromatic heterocycles. The maximum Gasteiger partial charge on any atom is 0.292 e. The average Bonchev–Trinajstić information content (AvgIpc) is 2.67. The lowest BCUT2D eigenvalue weighted by Crippen LogP contribution is -2.40. The Kier molecular flexibility index (Phi) is 17.3. The number of carbonyl (C=O) groups is 2. The summed E-state index contributed by atoms with van der Waals surface area (Å²) in [5.74, 6) is 0.399. The van der Waals surface area contributed by atoms with Gasteiger partial charge in [0, 0.05) is 0 Å². The molecule has 1 atom stereocenters. The van der Waals surface area contributed by atoms with Gasteiger partial charge in [0.1, 0.15) is 11.9 Å². The highest BCUT2D eigenvalue weighted by molar-refractivity contribution is 5.79. The van der Waals surface area contributed by atoms with Gasteiger partial charge in [0.15, 0.2) is 0 Å². The first-order valence-corrected chi connectivity index (χ1v) is 8.75. The van der Waals surface area contributed by atoms with E-state index in [9.17, 15) is 4.79 Å². The number of amides is 1. The molecule has 156 valence electrons. The number of carbonyl (C=O) groups excluding carboxylic acids is 2. The molecule has 8 heteroatoms. The summed E-state index contributed by atoms with van der Waals surface area (Å²) in [4.78, 5) is 19.2. The average molecular weight is 386 g/mol. The van der Waals surface area contributed by atoms with Crippen LogP contribution in [-0.2, 0) is 20.7 Å². The number of benzene rings is 1. The molecule has 1 aromatic carbocycles. The summed E-state index contributed by atoms with van der Waals surface area (Å²) in [7, 11) is 1.31. The third kappa shape index (κ3) is 14.7. The number of aliphatic hydroxyl groups excluding tert-OH is 2. The molecular weight excluding hydrogens is 352 g/mol. The van der Waals surface area contributed by atoms with Gasteiger partial charge in [0.05, 0.1) is 26.4 Å². The van der Waals surface area contributed by atoms with Crippen molar-refractivity contribution in [2.24, 2.45) is 17.4 Å². The summed E-state index contributed by atoms with van der Waals surface area (Å²) in [6.45, 7) is 5.88. The van der Waals surface area contributed by atoms with E-state index in [1.54, 1.807) is 0 Å². The Balaban J connectivity index is 0. The van der Waals surface area contributed by atoms with Crippen molar-refractivity contribution in [3.63, 3.8) is 0 Å². The lowest BCUT2D eigenvalue weighted by Gasteiger charge is -2.14. The van der Waals surface area contributed by atoms with E-state index in [0.29, 0.717) is 12.2 Å². The van der Waals surface area contributed by atoms with E-state index in [1.165, 1.54) is 12.7 Å². The number of hydrogen-bond donors (Lipinski definition) is 4. The molecule has 0 saturated heterocycles. The van der Waals surface area contributed by atoms with E-state index in [2.05, 4.69) is 11.7 Å². The fourth-order valence-electron chi connectivity index (χ4n) is 1.68. The molecule has 1 aromatic rings. The summed E-state index contributed by atoms with van der Waals surface area (Å²) < 4.78 is 9.21. The number of primary amides is 1. The Morgan fingerprint density at radius 1 is 1.19 bits per heavy atom. The molecule has 0 heterocycles. The molecule has 1 amide bonds. The maximum atomic E-state index is 10.2. The molecule has 8 nitrogen and oxygen atoms in total. The number of aliphatic hydroxyl groups is 2. The fourth-order valence-corrected chi connectivity index (χ4v) is 1.68. The van der Waals surface area contributed by atoms with Crippen molar-refractivity contribution in [1.29, 1.82) is 0 Å². The molecule has 1 unspecified atom stereocenters. The smallest absolute Gasteiger partial charge is 0.292 e. The molecular formula is C19H34N2O6. The highest BCUT2D eigenvalue weighted by Crippen LogP contribution is 2.14. The van der Waals surface area contributed by atoms with Gasteiger partial charge in [-0.05, 0) is 30.0 Å². The second kappa shape index (κ2) is 17.3. The van der Waals surface area contributed by atoms with Crippen LogP contribution in [0.25, 0.3) is 0 Å². The Labute approximate surface area is 161 Å². The maximum absolute atomic E-state index is 10.2. The van der Waals surface area contributed by atoms with E-state index in [0.717, 1.165) is 12.8 Å². The first kappa shape index (κ1) is 27.1. The predicted octanol–water partition coefficient (Wildman–Crippen LogP) is 0.615. The third-order valence-corrected chi connectivity index (χ3v) is 3.32. The van der Waals surface area contributed by atoms with E-state index in [4.69, 9.17) is 31.2 Å². The summed E-state index contributed by atoms with van der Waals surface area (Å²) >= 11 is 0. The highest BCUT2D eigenvalue weighted by atomic mass is 16.5. The minimum atomic E-state index is -0.526. The van der Waals surface area contributed by atoms with Crippen molar-refractivity contribution in [3.05, 3.63) is 29.8 Å². The molecule has 0 spiro atoms. The van der Waals surface area contributed by atoms with Gasteiger partial charge in [-0.3, -0.25) is 9.59 Å². The monoisotopic (exact) mass is 386 g/mol. The van der Waals surface area contributed by atoms with Crippen LogP contribution in [0.1, 0.15) is 32.8 Å². The molecule has 0 aliphatic heterocycles. The number of rotatable bonds is 9. The lowest BCUT2D eigenvalue weighted by molar-refractivity contribution is -0.126. The van der Waals surface area contributed by atoms with E-state index >= 15 is 0 Å². The molecule has 1 rings (SSSR count). The normalized spacial score (nSPS) is 10.9. The number of methoxy groups -OCH3 is 1. The molecule has 0 aliphatic carbocycles. The van der Waals surface area contributed by atoms with Gasteiger partial charge >= 0.3 is 0 Å². The van der Waals surface area contributed by atoms with Gasteiger partial charge in [-0.25, -0.2) is 0 Å². The first-order valence-electron chi connectivity index (χ1n) is 8.75. The second-order valence-electron chi connectivity index (χ2n) is 6.00. The van der Waals surface area contributed by atoms with Crippen LogP contribution < -0.4 is 16.2 Å². The molecule has 0 bridgehead atoms. The van der Waals surface area contributed by atoms with Crippen LogP contribution in [0, 0.1) is 5.92 Å². The Morgan fingerprint density at radius 3 is 1.93 bits per heavy atom. The highest BCUT2D eigenvalue weighted by Gasteiger charge is 2.12. The number of hydrogen-bond acceptors (Lipinski definition) is 7. The first-order chi connectivity index (χ1) is 12.8. The van der Waals surface area contributed by atoms with Crippen molar-refractivity contribution in [3.8, 4) is 5.75 Å². The van der Waals surface area contributed by atoms with Gasteiger partial charge in [-0.15, -0.1) is 0 Å². The van der Waals surface area contributed by atoms with Crippen LogP contribution in [0.2, 0.25) is 0 Å². The summed E-state index contributed by atoms with van der Waals surface area (Å²) in [5.41, 5.74) is 11.4. The summed E-state index contributed by atoms with van der Waals surface area (Å²) in [5, 5.41) is 17.7. The van der Waals surface area contributed by atoms with Crippen LogP contribution in [0.15, 0.2) is 24.3 Å². The van der Waals surface area contributed by atoms with Crippen LogP contribution in [-0.4, -0.2) is 55.1 Å². The SMILES string of the molecule is CC(C)C(N)C(N)=O.CCCc1ccc(OC(CO)CO)cc1.COC=O. The zero-order chi connectivity index (χ0) is 21.2. The second-order valence-corrected chi connectivity index (χ2v) is 6.00. The van der Waals surface area contributed by atoms with Crippen molar-refractivity contribution >= 4 is 12.4 Å². The Morgan fingerprint density at radius 2 is 1.67 bits per heavy atom. The van der Waals surface area contributed by atoms with Crippen LogP contribution >= 0.6 is 0 Å². The molecule has 27 heavy (non-hydrogen) atoms. The standard InChI is InChI=1S/C12H18O3.C5H12N2O.C2H4O2/c1-2-3-10-4-6-11(7-5-10)15-12(8-13)9-14;1-3(2)4(6)5(7)8;1-4-2-3/h4-7,12-14H,2-3,8-9H2,1H3;3-4H,6H2,1-2H3,(H2,7,8);2H,1H3. The fraction of sp³-hybridized carbons (Fsp3) is 0.579. The molecule has 0 saturated carbocycles. The van der Waals surface area contributed by atoms with Crippen molar-refractivity contribution < 1.29 is 29.3 Å². The van der Waals surface area contributed by atoms with Gasteiger partial charge in [0.25, 0.3) is 6.47 Å². The van der Waals surface area contributed by atoms with Crippen molar-refractivity contribution in [1.82, 2.24) is 0 Å². The number of nitrogens with two attached hydrogens (primary N) is 2.